The van der Waals surface area contributed by atoms with Gasteiger partial charge in [-0.15, -0.1) is 0 Å². The van der Waals surface area contributed by atoms with Crippen LogP contribution in [0.5, 0.6) is 0 Å². The maximum Gasteiger partial charge on any atom is 0.264 e. The Balaban J connectivity index is 3.20. The third kappa shape index (κ3) is 2.33. The van der Waals surface area contributed by atoms with Gasteiger partial charge in [0.25, 0.3) is 4.80 Å². The van der Waals surface area contributed by atoms with Crippen LogP contribution in [0.3, 0.4) is 0 Å². The first-order chi connectivity index (χ1) is 5.82. The van der Waals surface area contributed by atoms with Crippen molar-refractivity contribution in [2.75, 3.05) is 0 Å². The summed E-state index contributed by atoms with van der Waals surface area (Å²) in [6.07, 6.45) is 0. The Bertz CT molecular complexity index is 296. The van der Waals surface area contributed by atoms with Crippen LogP contribution in [0.25, 0.3) is 0 Å². The van der Waals surface area contributed by atoms with Gasteiger partial charge in [0.05, 0.1) is 5.69 Å². The van der Waals surface area contributed by atoms with Gasteiger partial charge in [-0.1, -0.05) is 34.6 Å². The van der Waals surface area contributed by atoms with Crippen molar-refractivity contribution in [1.29, 1.82) is 0 Å². The zero-order valence-electron chi connectivity index (χ0n) is 8.81. The van der Waals surface area contributed by atoms with Crippen LogP contribution in [0.1, 0.15) is 52.0 Å². The minimum absolute atomic E-state index is 0.0507. The molecule has 0 atom stereocenters. The van der Waals surface area contributed by atoms with Crippen LogP contribution in [-0.2, 0) is 5.41 Å². The second-order valence-corrected chi connectivity index (χ2v) is 5.26. The largest absolute Gasteiger partial charge is 0.436 e. The van der Waals surface area contributed by atoms with Crippen LogP contribution in [0.4, 0.5) is 0 Å². The molecule has 0 saturated carbocycles. The van der Waals surface area contributed by atoms with E-state index in [4.69, 9.17) is 4.42 Å². The third-order valence-corrected chi connectivity index (χ3v) is 2.20. The van der Waals surface area contributed by atoms with E-state index in [1.54, 1.807) is 0 Å². The van der Waals surface area contributed by atoms with Crippen molar-refractivity contribution in [3.63, 3.8) is 0 Å². The van der Waals surface area contributed by atoms with Crippen molar-refractivity contribution in [3.8, 4) is 0 Å². The van der Waals surface area contributed by atoms with Crippen molar-refractivity contribution < 1.29 is 4.42 Å². The van der Waals surface area contributed by atoms with E-state index in [1.165, 1.54) is 0 Å². The van der Waals surface area contributed by atoms with E-state index < -0.39 is 0 Å². The molecular formula is C10H16BrNO. The molecule has 0 bridgehead atoms. The highest BCUT2D eigenvalue weighted by Gasteiger charge is 2.25. The van der Waals surface area contributed by atoms with Crippen LogP contribution in [0.2, 0.25) is 0 Å². The van der Waals surface area contributed by atoms with Gasteiger partial charge in [-0.3, -0.25) is 0 Å². The van der Waals surface area contributed by atoms with Crippen LogP contribution in [0.15, 0.2) is 9.22 Å². The maximum atomic E-state index is 5.51. The molecule has 3 heteroatoms. The second-order valence-electron chi connectivity index (χ2n) is 4.58. The summed E-state index contributed by atoms with van der Waals surface area (Å²) < 4.78 is 5.51. The SMILES string of the molecule is CC(C)c1oc(Br)nc1C(C)(C)C. The van der Waals surface area contributed by atoms with Crippen LogP contribution >= 0.6 is 15.9 Å². The summed E-state index contributed by atoms with van der Waals surface area (Å²) in [7, 11) is 0. The summed E-state index contributed by atoms with van der Waals surface area (Å²) in [5, 5.41) is 0. The summed E-state index contributed by atoms with van der Waals surface area (Å²) in [6, 6.07) is 0. The second kappa shape index (κ2) is 3.45. The average molecular weight is 246 g/mol. The lowest BCUT2D eigenvalue weighted by Crippen LogP contribution is -2.14. The third-order valence-electron chi connectivity index (χ3n) is 1.86. The van der Waals surface area contributed by atoms with Crippen molar-refractivity contribution >= 4 is 15.9 Å². The highest BCUT2D eigenvalue weighted by molar-refractivity contribution is 9.10. The first-order valence-electron chi connectivity index (χ1n) is 4.49. The number of oxazole rings is 1. The highest BCUT2D eigenvalue weighted by Crippen LogP contribution is 2.32. The zero-order chi connectivity index (χ0) is 10.2. The molecule has 1 heterocycles. The first kappa shape index (κ1) is 10.8. The quantitative estimate of drug-likeness (QED) is 0.752. The number of aromatic nitrogens is 1. The Morgan fingerprint density at radius 1 is 1.31 bits per heavy atom. The summed E-state index contributed by atoms with van der Waals surface area (Å²) >= 11 is 3.27. The number of nitrogens with zero attached hydrogens (tertiary/aromatic N) is 1. The maximum absolute atomic E-state index is 5.51. The fraction of sp³-hybridized carbons (Fsp3) is 0.700. The molecule has 0 aliphatic heterocycles. The van der Waals surface area contributed by atoms with Gasteiger partial charge in [0.15, 0.2) is 0 Å². The van der Waals surface area contributed by atoms with E-state index in [0.29, 0.717) is 10.7 Å². The fourth-order valence-electron chi connectivity index (χ4n) is 1.23. The molecule has 1 rings (SSSR count). The van der Waals surface area contributed by atoms with Crippen LogP contribution in [-0.4, -0.2) is 4.98 Å². The van der Waals surface area contributed by atoms with Crippen molar-refractivity contribution in [2.24, 2.45) is 0 Å². The molecule has 0 fully saturated rings. The Labute approximate surface area is 87.9 Å². The first-order valence-corrected chi connectivity index (χ1v) is 5.28. The van der Waals surface area contributed by atoms with E-state index >= 15 is 0 Å². The summed E-state index contributed by atoms with van der Waals surface area (Å²) in [6.45, 7) is 10.7. The fourth-order valence-corrected chi connectivity index (χ4v) is 1.59. The lowest BCUT2D eigenvalue weighted by atomic mass is 9.89. The highest BCUT2D eigenvalue weighted by atomic mass is 79.9. The van der Waals surface area contributed by atoms with E-state index in [9.17, 15) is 0 Å². The number of hydrogen-bond donors (Lipinski definition) is 0. The van der Waals surface area contributed by atoms with E-state index in [0.717, 1.165) is 11.5 Å². The molecule has 2 nitrogen and oxygen atoms in total. The van der Waals surface area contributed by atoms with Gasteiger partial charge in [-0.25, -0.2) is 4.98 Å². The molecule has 0 amide bonds. The van der Waals surface area contributed by atoms with Gasteiger partial charge in [0, 0.05) is 27.3 Å². The van der Waals surface area contributed by atoms with E-state index in [2.05, 4.69) is 55.5 Å². The van der Waals surface area contributed by atoms with Gasteiger partial charge in [0.1, 0.15) is 5.76 Å². The standard InChI is InChI=1S/C10H16BrNO/c1-6(2)7-8(10(3,4)5)12-9(11)13-7/h6H,1-5H3. The Morgan fingerprint density at radius 2 is 1.85 bits per heavy atom. The smallest absolute Gasteiger partial charge is 0.264 e. The average Bonchev–Trinajstić information content (AvgIpc) is 2.29. The molecule has 0 spiro atoms. The lowest BCUT2D eigenvalue weighted by molar-refractivity contribution is 0.447. The predicted octanol–water partition coefficient (Wildman–Crippen LogP) is 3.86. The van der Waals surface area contributed by atoms with Gasteiger partial charge in [-0.2, -0.15) is 0 Å². The minimum Gasteiger partial charge on any atom is -0.436 e. The number of hydrogen-bond acceptors (Lipinski definition) is 2. The van der Waals surface area contributed by atoms with E-state index in [1.807, 2.05) is 0 Å². The number of rotatable bonds is 1. The molecule has 1 aromatic rings. The predicted molar refractivity (Wildman–Crippen MR) is 57.0 cm³/mol. The van der Waals surface area contributed by atoms with E-state index in [-0.39, 0.29) is 5.41 Å². The molecule has 1 aromatic heterocycles. The summed E-state index contributed by atoms with van der Waals surface area (Å²) in [5.41, 5.74) is 1.10. The van der Waals surface area contributed by atoms with Crippen molar-refractivity contribution in [1.82, 2.24) is 4.98 Å². The van der Waals surface area contributed by atoms with Gasteiger partial charge in [-0.05, 0) is 0 Å². The van der Waals surface area contributed by atoms with Crippen LogP contribution < -0.4 is 0 Å². The van der Waals surface area contributed by atoms with Gasteiger partial charge in [0.2, 0.25) is 0 Å². The zero-order valence-corrected chi connectivity index (χ0v) is 10.4. The summed E-state index contributed by atoms with van der Waals surface area (Å²) in [4.78, 5) is 4.94. The minimum atomic E-state index is 0.0507. The summed E-state index contributed by atoms with van der Waals surface area (Å²) in [5.74, 6) is 1.37. The van der Waals surface area contributed by atoms with Gasteiger partial charge < -0.3 is 4.42 Å². The molecule has 0 unspecified atom stereocenters. The molecule has 0 radical (unpaired) electrons. The molecule has 0 aliphatic carbocycles. The molecule has 74 valence electrons. The number of halogens is 1. The molecule has 0 N–H and O–H groups in total. The van der Waals surface area contributed by atoms with Gasteiger partial charge >= 0.3 is 0 Å². The normalized spacial score (nSPS) is 12.5. The molecule has 0 aliphatic rings. The van der Waals surface area contributed by atoms with Crippen LogP contribution in [0, 0.1) is 0 Å². The molecular weight excluding hydrogens is 230 g/mol. The van der Waals surface area contributed by atoms with Crippen molar-refractivity contribution in [2.45, 2.75) is 46.0 Å². The molecule has 13 heavy (non-hydrogen) atoms. The van der Waals surface area contributed by atoms with Crippen molar-refractivity contribution in [3.05, 3.63) is 16.3 Å². The lowest BCUT2D eigenvalue weighted by Gasteiger charge is -2.17. The monoisotopic (exact) mass is 245 g/mol. The molecule has 0 saturated heterocycles. The Morgan fingerprint density at radius 3 is 2.15 bits per heavy atom. The Kier molecular flexibility index (Phi) is 2.85. The molecule has 0 aromatic carbocycles. The topological polar surface area (TPSA) is 26.0 Å². The Hall–Kier alpha value is -0.310.